The molecule has 2 aliphatic heterocycles. The van der Waals surface area contributed by atoms with Gasteiger partial charge in [0.15, 0.2) is 11.5 Å². The number of rotatable bonds is 5. The zero-order valence-corrected chi connectivity index (χ0v) is 18.5. The summed E-state index contributed by atoms with van der Waals surface area (Å²) in [5, 5.41) is 3.14. The number of hydrogen-bond donors (Lipinski definition) is 1. The first-order chi connectivity index (χ1) is 14.9. The molecule has 2 aromatic carbocycles. The standard InChI is InChI=1S/C21H23ClN2O6S/c1-28-15-4-6-16(7-5-15)31(26,27)24-8-2-3-14(13-24)21(25)23-18-12-20-19(11-17(18)22)29-9-10-30-20/h4-7,11-12,14H,2-3,8-10,13H2,1H3,(H,23,25). The Morgan fingerprint density at radius 3 is 2.52 bits per heavy atom. The molecule has 2 aromatic rings. The summed E-state index contributed by atoms with van der Waals surface area (Å²) in [6.07, 6.45) is 1.17. The second-order valence-corrected chi connectivity index (χ2v) is 9.69. The molecule has 10 heteroatoms. The summed E-state index contributed by atoms with van der Waals surface area (Å²) in [5.41, 5.74) is 0.408. The number of nitrogens with zero attached hydrogens (tertiary/aromatic N) is 1. The lowest BCUT2D eigenvalue weighted by Gasteiger charge is -2.31. The summed E-state index contributed by atoms with van der Waals surface area (Å²) in [5.74, 6) is 0.840. The van der Waals surface area contributed by atoms with E-state index in [9.17, 15) is 13.2 Å². The molecule has 2 heterocycles. The molecule has 0 aromatic heterocycles. The van der Waals surface area contributed by atoms with Crippen LogP contribution >= 0.6 is 11.6 Å². The van der Waals surface area contributed by atoms with Crippen molar-refractivity contribution >= 4 is 33.2 Å². The molecule has 0 bridgehead atoms. The van der Waals surface area contributed by atoms with Crippen LogP contribution in [0.2, 0.25) is 5.02 Å². The lowest BCUT2D eigenvalue weighted by atomic mass is 9.98. The van der Waals surface area contributed by atoms with Gasteiger partial charge < -0.3 is 19.5 Å². The fourth-order valence-electron chi connectivity index (χ4n) is 3.67. The molecule has 1 saturated heterocycles. The van der Waals surface area contributed by atoms with Gasteiger partial charge in [-0.3, -0.25) is 4.79 Å². The number of hydrogen-bond acceptors (Lipinski definition) is 6. The molecule has 31 heavy (non-hydrogen) atoms. The van der Waals surface area contributed by atoms with Gasteiger partial charge in [-0.2, -0.15) is 4.31 Å². The van der Waals surface area contributed by atoms with E-state index >= 15 is 0 Å². The molecular weight excluding hydrogens is 444 g/mol. The monoisotopic (exact) mass is 466 g/mol. The summed E-state index contributed by atoms with van der Waals surface area (Å²) in [4.78, 5) is 13.1. The highest BCUT2D eigenvalue weighted by atomic mass is 35.5. The predicted molar refractivity (Wildman–Crippen MR) is 116 cm³/mol. The molecular formula is C21H23ClN2O6S. The third-order valence-electron chi connectivity index (χ3n) is 5.34. The fourth-order valence-corrected chi connectivity index (χ4v) is 5.39. The van der Waals surface area contributed by atoms with Gasteiger partial charge in [0.25, 0.3) is 0 Å². The SMILES string of the molecule is COc1ccc(S(=O)(=O)N2CCCC(C(=O)Nc3cc4c(cc3Cl)OCCO4)C2)cc1. The van der Waals surface area contributed by atoms with Gasteiger partial charge in [0.2, 0.25) is 15.9 Å². The summed E-state index contributed by atoms with van der Waals surface area (Å²) in [6.45, 7) is 1.32. The van der Waals surface area contributed by atoms with E-state index in [-0.39, 0.29) is 17.3 Å². The van der Waals surface area contributed by atoms with Gasteiger partial charge in [-0.25, -0.2) is 8.42 Å². The number of halogens is 1. The van der Waals surface area contributed by atoms with Crippen molar-refractivity contribution in [2.75, 3.05) is 38.7 Å². The van der Waals surface area contributed by atoms with E-state index in [1.807, 2.05) is 0 Å². The molecule has 166 valence electrons. The maximum atomic E-state index is 13.0. The van der Waals surface area contributed by atoms with Crippen LogP contribution in [0.4, 0.5) is 5.69 Å². The van der Waals surface area contributed by atoms with Crippen LogP contribution in [0.25, 0.3) is 0 Å². The second kappa shape index (κ2) is 8.94. The molecule has 4 rings (SSSR count). The van der Waals surface area contributed by atoms with Gasteiger partial charge >= 0.3 is 0 Å². The number of amides is 1. The minimum absolute atomic E-state index is 0.0996. The van der Waals surface area contributed by atoms with Gasteiger partial charge in [0.1, 0.15) is 19.0 Å². The fraction of sp³-hybridized carbons (Fsp3) is 0.381. The lowest BCUT2D eigenvalue weighted by Crippen LogP contribution is -2.43. The topological polar surface area (TPSA) is 94.2 Å². The van der Waals surface area contributed by atoms with Crippen LogP contribution < -0.4 is 19.5 Å². The highest BCUT2D eigenvalue weighted by Crippen LogP contribution is 2.38. The molecule has 0 aliphatic carbocycles. The molecule has 1 fully saturated rings. The largest absolute Gasteiger partial charge is 0.497 e. The van der Waals surface area contributed by atoms with Crippen molar-refractivity contribution in [3.8, 4) is 17.2 Å². The van der Waals surface area contributed by atoms with E-state index in [2.05, 4.69) is 5.32 Å². The third kappa shape index (κ3) is 4.58. The number of carbonyl (C=O) groups is 1. The maximum Gasteiger partial charge on any atom is 0.243 e. The average Bonchev–Trinajstić information content (AvgIpc) is 2.79. The molecule has 2 aliphatic rings. The Hall–Kier alpha value is -2.49. The zero-order valence-electron chi connectivity index (χ0n) is 17.0. The van der Waals surface area contributed by atoms with Crippen molar-refractivity contribution in [3.63, 3.8) is 0 Å². The van der Waals surface area contributed by atoms with Gasteiger partial charge in [-0.1, -0.05) is 11.6 Å². The minimum atomic E-state index is -3.71. The quantitative estimate of drug-likeness (QED) is 0.727. The smallest absolute Gasteiger partial charge is 0.243 e. The summed E-state index contributed by atoms with van der Waals surface area (Å²) < 4.78 is 43.5. The van der Waals surface area contributed by atoms with Crippen molar-refractivity contribution in [2.45, 2.75) is 17.7 Å². The molecule has 1 amide bonds. The van der Waals surface area contributed by atoms with Gasteiger partial charge in [-0.15, -0.1) is 0 Å². The number of anilines is 1. The van der Waals surface area contributed by atoms with E-state index in [1.54, 1.807) is 24.3 Å². The number of benzene rings is 2. The number of fused-ring (bicyclic) bond motifs is 1. The molecule has 0 spiro atoms. The first kappa shape index (κ1) is 21.7. The van der Waals surface area contributed by atoms with E-state index in [0.717, 1.165) is 0 Å². The minimum Gasteiger partial charge on any atom is -0.497 e. The maximum absolute atomic E-state index is 13.0. The van der Waals surface area contributed by atoms with Crippen LogP contribution in [-0.2, 0) is 14.8 Å². The van der Waals surface area contributed by atoms with Crippen molar-refractivity contribution in [2.24, 2.45) is 5.92 Å². The van der Waals surface area contributed by atoms with Crippen molar-refractivity contribution in [3.05, 3.63) is 41.4 Å². The normalized spacial score (nSPS) is 19.0. The van der Waals surface area contributed by atoms with Crippen LogP contribution in [0.3, 0.4) is 0 Å². The Bertz CT molecular complexity index is 1070. The molecule has 0 radical (unpaired) electrons. The Morgan fingerprint density at radius 2 is 1.84 bits per heavy atom. The van der Waals surface area contributed by atoms with E-state index in [0.29, 0.717) is 60.6 Å². The molecule has 1 unspecified atom stereocenters. The van der Waals surface area contributed by atoms with Crippen LogP contribution in [0.5, 0.6) is 17.2 Å². The first-order valence-corrected chi connectivity index (χ1v) is 11.7. The number of nitrogens with one attached hydrogen (secondary N) is 1. The Balaban J connectivity index is 1.47. The second-order valence-electron chi connectivity index (χ2n) is 7.34. The summed E-state index contributed by atoms with van der Waals surface area (Å²) in [6, 6.07) is 9.45. The highest BCUT2D eigenvalue weighted by molar-refractivity contribution is 7.89. The Labute approximate surface area is 186 Å². The Kier molecular flexibility index (Phi) is 6.27. The van der Waals surface area contributed by atoms with E-state index in [1.165, 1.54) is 23.5 Å². The third-order valence-corrected chi connectivity index (χ3v) is 7.53. The van der Waals surface area contributed by atoms with Crippen LogP contribution in [-0.4, -0.2) is 52.0 Å². The van der Waals surface area contributed by atoms with Gasteiger partial charge in [0.05, 0.1) is 28.6 Å². The van der Waals surface area contributed by atoms with Crippen LogP contribution in [0.15, 0.2) is 41.3 Å². The first-order valence-electron chi connectivity index (χ1n) is 9.92. The van der Waals surface area contributed by atoms with Gasteiger partial charge in [0, 0.05) is 25.2 Å². The van der Waals surface area contributed by atoms with Crippen molar-refractivity contribution in [1.82, 2.24) is 4.31 Å². The Morgan fingerprint density at radius 1 is 1.16 bits per heavy atom. The number of methoxy groups -OCH3 is 1. The van der Waals surface area contributed by atoms with Gasteiger partial charge in [-0.05, 0) is 37.1 Å². The highest BCUT2D eigenvalue weighted by Gasteiger charge is 2.33. The number of sulfonamides is 1. The summed E-state index contributed by atoms with van der Waals surface area (Å²) in [7, 11) is -2.19. The molecule has 8 nitrogen and oxygen atoms in total. The summed E-state index contributed by atoms with van der Waals surface area (Å²) >= 11 is 6.28. The number of ether oxygens (including phenoxy) is 3. The van der Waals surface area contributed by atoms with E-state index < -0.39 is 15.9 Å². The van der Waals surface area contributed by atoms with Crippen LogP contribution in [0, 0.1) is 5.92 Å². The average molecular weight is 467 g/mol. The zero-order chi connectivity index (χ0) is 22.0. The predicted octanol–water partition coefficient (Wildman–Crippen LogP) is 3.16. The number of carbonyl (C=O) groups excluding carboxylic acids is 1. The number of piperidine rings is 1. The van der Waals surface area contributed by atoms with Crippen molar-refractivity contribution < 1.29 is 27.4 Å². The van der Waals surface area contributed by atoms with Crippen molar-refractivity contribution in [1.29, 1.82) is 0 Å². The molecule has 1 atom stereocenters. The molecule has 1 N–H and O–H groups in total. The van der Waals surface area contributed by atoms with Crippen LogP contribution in [0.1, 0.15) is 12.8 Å². The van der Waals surface area contributed by atoms with E-state index in [4.69, 9.17) is 25.8 Å². The molecule has 0 saturated carbocycles. The lowest BCUT2D eigenvalue weighted by molar-refractivity contribution is -0.120.